The maximum absolute atomic E-state index is 12.9. The van der Waals surface area contributed by atoms with Gasteiger partial charge in [0.25, 0.3) is 0 Å². The predicted octanol–water partition coefficient (Wildman–Crippen LogP) is 3.84. The van der Waals surface area contributed by atoms with Crippen molar-refractivity contribution in [2.75, 3.05) is 15.9 Å². The number of nitrogens with one attached hydrogen (secondary N) is 1. The number of sulfonamides is 1. The van der Waals surface area contributed by atoms with Gasteiger partial charge in [-0.15, -0.1) is 10.2 Å². The zero-order valence-corrected chi connectivity index (χ0v) is 19.3. The van der Waals surface area contributed by atoms with Gasteiger partial charge in [-0.3, -0.25) is 14.4 Å². The van der Waals surface area contributed by atoms with Gasteiger partial charge in [0.05, 0.1) is 11.9 Å². The maximum Gasteiger partial charge on any atom is 0.250 e. The second-order valence-corrected chi connectivity index (χ2v) is 11.5. The second-order valence-electron chi connectivity index (χ2n) is 6.80. The van der Waals surface area contributed by atoms with Crippen LogP contribution in [0, 0.1) is 13.8 Å². The molecule has 0 saturated carbocycles. The standard InChI is InChI=1S/C18H26N4O3S3/c1-7-14(16(23)19-17-20-21-18(27-17)26-11(2)3)22(28(6,24)25)15-10-12(4)8-9-13(15)5/h8-11,14H,7H2,1-6H3,(H,19,20,23)/t14-/m0/s1. The molecule has 0 unspecified atom stereocenters. The Morgan fingerprint density at radius 1 is 1.29 bits per heavy atom. The van der Waals surface area contributed by atoms with Crippen LogP contribution < -0.4 is 9.62 Å². The molecule has 0 spiro atoms. The van der Waals surface area contributed by atoms with Crippen molar-refractivity contribution in [1.82, 2.24) is 10.2 Å². The molecule has 1 aromatic heterocycles. The van der Waals surface area contributed by atoms with Crippen molar-refractivity contribution < 1.29 is 13.2 Å². The molecule has 28 heavy (non-hydrogen) atoms. The van der Waals surface area contributed by atoms with E-state index in [1.807, 2.05) is 39.8 Å². The fraction of sp³-hybridized carbons (Fsp3) is 0.500. The van der Waals surface area contributed by atoms with Gasteiger partial charge in [0.15, 0.2) is 4.34 Å². The summed E-state index contributed by atoms with van der Waals surface area (Å²) in [5.74, 6) is -0.425. The smallest absolute Gasteiger partial charge is 0.250 e. The van der Waals surface area contributed by atoms with E-state index in [1.165, 1.54) is 15.6 Å². The first-order valence-electron chi connectivity index (χ1n) is 8.90. The van der Waals surface area contributed by atoms with E-state index in [1.54, 1.807) is 24.8 Å². The molecule has 0 fully saturated rings. The summed E-state index contributed by atoms with van der Waals surface area (Å²) in [7, 11) is -3.68. The summed E-state index contributed by atoms with van der Waals surface area (Å²) in [4.78, 5) is 12.9. The first-order chi connectivity index (χ1) is 13.0. The van der Waals surface area contributed by atoms with Crippen LogP contribution in [0.5, 0.6) is 0 Å². The molecule has 2 aromatic rings. The van der Waals surface area contributed by atoms with Crippen molar-refractivity contribution in [3.63, 3.8) is 0 Å². The Kier molecular flexibility index (Phi) is 7.46. The summed E-state index contributed by atoms with van der Waals surface area (Å²) in [6.45, 7) is 9.60. The zero-order valence-electron chi connectivity index (χ0n) is 16.9. The van der Waals surface area contributed by atoms with E-state index in [-0.39, 0.29) is 0 Å². The minimum atomic E-state index is -3.68. The highest BCUT2D eigenvalue weighted by atomic mass is 32.2. The van der Waals surface area contributed by atoms with Gasteiger partial charge in [-0.25, -0.2) is 8.42 Å². The first-order valence-corrected chi connectivity index (χ1v) is 12.4. The van der Waals surface area contributed by atoms with Crippen LogP contribution in [-0.2, 0) is 14.8 Å². The number of amides is 1. The van der Waals surface area contributed by atoms with Crippen molar-refractivity contribution in [2.45, 2.75) is 56.7 Å². The van der Waals surface area contributed by atoms with Gasteiger partial charge in [0.1, 0.15) is 6.04 Å². The Morgan fingerprint density at radius 2 is 1.96 bits per heavy atom. The third-order valence-corrected chi connectivity index (χ3v) is 7.00. The van der Waals surface area contributed by atoms with Crippen LogP contribution in [0.15, 0.2) is 22.5 Å². The van der Waals surface area contributed by atoms with Crippen LogP contribution in [0.4, 0.5) is 10.8 Å². The van der Waals surface area contributed by atoms with Crippen molar-refractivity contribution in [1.29, 1.82) is 0 Å². The van der Waals surface area contributed by atoms with Gasteiger partial charge in [0, 0.05) is 5.25 Å². The molecule has 1 atom stereocenters. The summed E-state index contributed by atoms with van der Waals surface area (Å²) < 4.78 is 27.2. The van der Waals surface area contributed by atoms with E-state index >= 15 is 0 Å². The number of anilines is 2. The Balaban J connectivity index is 2.34. The molecule has 0 aliphatic carbocycles. The molecule has 0 aliphatic heterocycles. The van der Waals surface area contributed by atoms with Gasteiger partial charge >= 0.3 is 0 Å². The number of hydrogen-bond donors (Lipinski definition) is 1. The number of hydrogen-bond acceptors (Lipinski definition) is 7. The molecular formula is C18H26N4O3S3. The van der Waals surface area contributed by atoms with Crippen molar-refractivity contribution in [3.05, 3.63) is 29.3 Å². The molecule has 7 nitrogen and oxygen atoms in total. The first kappa shape index (κ1) is 22.6. The minimum Gasteiger partial charge on any atom is -0.299 e. The van der Waals surface area contributed by atoms with E-state index in [9.17, 15) is 13.2 Å². The molecule has 1 amide bonds. The highest BCUT2D eigenvalue weighted by Crippen LogP contribution is 2.30. The van der Waals surface area contributed by atoms with Crippen LogP contribution in [0.25, 0.3) is 0 Å². The van der Waals surface area contributed by atoms with Gasteiger partial charge in [-0.1, -0.05) is 56.0 Å². The molecule has 2 rings (SSSR count). The number of thioether (sulfide) groups is 1. The molecule has 1 N–H and O–H groups in total. The number of benzene rings is 1. The minimum absolute atomic E-state index is 0.318. The largest absolute Gasteiger partial charge is 0.299 e. The maximum atomic E-state index is 12.9. The molecule has 1 aromatic carbocycles. The molecule has 1 heterocycles. The van der Waals surface area contributed by atoms with Crippen LogP contribution >= 0.6 is 23.1 Å². The lowest BCUT2D eigenvalue weighted by atomic mass is 10.1. The quantitative estimate of drug-likeness (QED) is 0.493. The number of carbonyl (C=O) groups is 1. The Hall–Kier alpha value is -1.65. The summed E-state index contributed by atoms with van der Waals surface area (Å²) in [6, 6.07) is 4.67. The molecule has 0 radical (unpaired) electrons. The van der Waals surface area contributed by atoms with Gasteiger partial charge < -0.3 is 0 Å². The fourth-order valence-corrected chi connectivity index (χ4v) is 5.93. The number of aryl methyl sites for hydroxylation is 2. The fourth-order valence-electron chi connectivity index (χ4n) is 2.69. The molecular weight excluding hydrogens is 416 g/mol. The Labute approximate surface area is 175 Å². The van der Waals surface area contributed by atoms with E-state index < -0.39 is 22.0 Å². The lowest BCUT2D eigenvalue weighted by molar-refractivity contribution is -0.117. The number of rotatable bonds is 8. The van der Waals surface area contributed by atoms with Crippen molar-refractivity contribution >= 4 is 49.8 Å². The molecule has 10 heteroatoms. The molecule has 0 saturated heterocycles. The van der Waals surface area contributed by atoms with E-state index in [2.05, 4.69) is 15.5 Å². The normalized spacial score (nSPS) is 12.8. The Morgan fingerprint density at radius 3 is 2.54 bits per heavy atom. The lowest BCUT2D eigenvalue weighted by Crippen LogP contribution is -2.47. The highest BCUT2D eigenvalue weighted by Gasteiger charge is 2.33. The van der Waals surface area contributed by atoms with E-state index in [4.69, 9.17) is 0 Å². The van der Waals surface area contributed by atoms with Crippen LogP contribution in [0.1, 0.15) is 38.3 Å². The summed E-state index contributed by atoms with van der Waals surface area (Å²) in [6.07, 6.45) is 1.44. The third-order valence-electron chi connectivity index (χ3n) is 3.90. The summed E-state index contributed by atoms with van der Waals surface area (Å²) in [5.41, 5.74) is 2.22. The lowest BCUT2D eigenvalue weighted by Gasteiger charge is -2.31. The van der Waals surface area contributed by atoms with Crippen molar-refractivity contribution in [2.24, 2.45) is 0 Å². The van der Waals surface area contributed by atoms with E-state index in [0.29, 0.717) is 22.5 Å². The predicted molar refractivity (Wildman–Crippen MR) is 117 cm³/mol. The van der Waals surface area contributed by atoms with Crippen LogP contribution in [-0.4, -0.2) is 42.1 Å². The summed E-state index contributed by atoms with van der Waals surface area (Å²) >= 11 is 2.84. The van der Waals surface area contributed by atoms with Crippen molar-refractivity contribution in [3.8, 4) is 0 Å². The topological polar surface area (TPSA) is 92.3 Å². The molecule has 0 aliphatic rings. The average Bonchev–Trinajstić information content (AvgIpc) is 2.99. The van der Waals surface area contributed by atoms with Crippen LogP contribution in [0.2, 0.25) is 0 Å². The monoisotopic (exact) mass is 442 g/mol. The van der Waals surface area contributed by atoms with Gasteiger partial charge in [-0.05, 0) is 37.5 Å². The second kappa shape index (κ2) is 9.23. The Bertz CT molecular complexity index is 941. The summed E-state index contributed by atoms with van der Waals surface area (Å²) in [5, 5.41) is 11.5. The number of aromatic nitrogens is 2. The molecule has 0 bridgehead atoms. The number of nitrogens with zero attached hydrogens (tertiary/aromatic N) is 3. The van der Waals surface area contributed by atoms with Crippen LogP contribution in [0.3, 0.4) is 0 Å². The SMILES string of the molecule is CC[C@@H](C(=O)Nc1nnc(SC(C)C)s1)N(c1cc(C)ccc1C)S(C)(=O)=O. The zero-order chi connectivity index (χ0) is 21.1. The highest BCUT2D eigenvalue weighted by molar-refractivity contribution is 8.01. The van der Waals surface area contributed by atoms with Gasteiger partial charge in [-0.2, -0.15) is 0 Å². The number of carbonyl (C=O) groups excluding carboxylic acids is 1. The van der Waals surface area contributed by atoms with E-state index in [0.717, 1.165) is 21.7 Å². The average molecular weight is 443 g/mol. The third kappa shape index (κ3) is 5.68. The van der Waals surface area contributed by atoms with Gasteiger partial charge in [0.2, 0.25) is 21.1 Å². The molecule has 154 valence electrons.